The van der Waals surface area contributed by atoms with Crippen LogP contribution >= 0.6 is 0 Å². The zero-order valence-electron chi connectivity index (χ0n) is 16.2. The Labute approximate surface area is 173 Å². The fourth-order valence-corrected chi connectivity index (χ4v) is 4.41. The Morgan fingerprint density at radius 1 is 1.23 bits per heavy atom. The number of carbonyl (C=O) groups excluding carboxylic acids is 1. The first kappa shape index (κ1) is 21.7. The maximum Gasteiger partial charge on any atom is 0.311 e. The number of nitro benzene ring substituents is 1. The van der Waals surface area contributed by atoms with Gasteiger partial charge in [-0.1, -0.05) is 6.07 Å². The van der Waals surface area contributed by atoms with Crippen molar-refractivity contribution in [3.63, 3.8) is 0 Å². The molecular weight excluding hydrogens is 414 g/mol. The average molecular weight is 435 g/mol. The van der Waals surface area contributed by atoms with Crippen LogP contribution in [0.2, 0.25) is 0 Å². The first-order valence-corrected chi connectivity index (χ1v) is 10.7. The van der Waals surface area contributed by atoms with Gasteiger partial charge in [-0.25, -0.2) is 8.42 Å². The van der Waals surface area contributed by atoms with Gasteiger partial charge in [-0.05, 0) is 37.3 Å². The van der Waals surface area contributed by atoms with Crippen LogP contribution in [-0.4, -0.2) is 56.5 Å². The number of hydrogen-bond donors (Lipinski definition) is 1. The summed E-state index contributed by atoms with van der Waals surface area (Å²) in [4.78, 5) is 23.2. The van der Waals surface area contributed by atoms with E-state index in [0.29, 0.717) is 13.2 Å². The summed E-state index contributed by atoms with van der Waals surface area (Å²) >= 11 is 0. The Morgan fingerprint density at radius 2 is 1.97 bits per heavy atom. The lowest BCUT2D eigenvalue weighted by Gasteiger charge is -2.26. The van der Waals surface area contributed by atoms with Crippen molar-refractivity contribution in [1.82, 2.24) is 4.31 Å². The van der Waals surface area contributed by atoms with Crippen LogP contribution in [0, 0.1) is 10.1 Å². The smallest absolute Gasteiger partial charge is 0.311 e. The van der Waals surface area contributed by atoms with Crippen LogP contribution in [0.4, 0.5) is 11.4 Å². The Kier molecular flexibility index (Phi) is 6.65. The van der Waals surface area contributed by atoms with Gasteiger partial charge in [0.05, 0.1) is 29.6 Å². The molecule has 0 radical (unpaired) electrons. The molecule has 0 atom stereocenters. The van der Waals surface area contributed by atoms with Crippen molar-refractivity contribution in [3.05, 3.63) is 58.1 Å². The maximum absolute atomic E-state index is 12.8. The second-order valence-electron chi connectivity index (χ2n) is 6.37. The highest BCUT2D eigenvalue weighted by Gasteiger charge is 2.26. The third-order valence-corrected chi connectivity index (χ3v) is 6.31. The van der Waals surface area contributed by atoms with E-state index >= 15 is 0 Å². The van der Waals surface area contributed by atoms with E-state index in [0.717, 1.165) is 6.07 Å². The van der Waals surface area contributed by atoms with Crippen LogP contribution in [0.15, 0.2) is 47.4 Å². The highest BCUT2D eigenvalue weighted by atomic mass is 32.2. The molecule has 0 bridgehead atoms. The summed E-state index contributed by atoms with van der Waals surface area (Å²) in [6.07, 6.45) is 0. The lowest BCUT2D eigenvalue weighted by molar-refractivity contribution is -0.385. The number of amides is 1. The summed E-state index contributed by atoms with van der Waals surface area (Å²) in [6.45, 7) is 3.11. The van der Waals surface area contributed by atoms with Crippen LogP contribution in [0.5, 0.6) is 5.75 Å². The van der Waals surface area contributed by atoms with Gasteiger partial charge in [0.2, 0.25) is 10.0 Å². The van der Waals surface area contributed by atoms with Gasteiger partial charge in [-0.3, -0.25) is 14.9 Å². The van der Waals surface area contributed by atoms with Gasteiger partial charge in [0, 0.05) is 30.4 Å². The number of morpholine rings is 1. The molecule has 0 aromatic heterocycles. The van der Waals surface area contributed by atoms with Crippen LogP contribution in [0.25, 0.3) is 0 Å². The number of nitrogens with zero attached hydrogens (tertiary/aromatic N) is 2. The topological polar surface area (TPSA) is 128 Å². The van der Waals surface area contributed by atoms with E-state index in [2.05, 4.69) is 5.32 Å². The summed E-state index contributed by atoms with van der Waals surface area (Å²) in [6, 6.07) is 9.74. The van der Waals surface area contributed by atoms with Crippen molar-refractivity contribution in [2.75, 3.05) is 38.2 Å². The van der Waals surface area contributed by atoms with E-state index in [-0.39, 0.29) is 47.3 Å². The molecule has 1 amide bonds. The number of benzene rings is 2. The average Bonchev–Trinajstić information content (AvgIpc) is 2.75. The fourth-order valence-electron chi connectivity index (χ4n) is 2.95. The zero-order chi connectivity index (χ0) is 21.7. The number of nitro groups is 1. The lowest BCUT2D eigenvalue weighted by Crippen LogP contribution is -2.40. The third-order valence-electron chi connectivity index (χ3n) is 4.42. The highest BCUT2D eigenvalue weighted by Crippen LogP contribution is 2.28. The van der Waals surface area contributed by atoms with Gasteiger partial charge in [0.1, 0.15) is 0 Å². The molecule has 0 spiro atoms. The molecule has 160 valence electrons. The number of sulfonamides is 1. The molecule has 2 aromatic rings. The summed E-state index contributed by atoms with van der Waals surface area (Å²) < 4.78 is 37.3. The van der Waals surface area contributed by atoms with Crippen molar-refractivity contribution in [1.29, 1.82) is 0 Å². The summed E-state index contributed by atoms with van der Waals surface area (Å²) in [7, 11) is -3.72. The van der Waals surface area contributed by atoms with E-state index < -0.39 is 20.9 Å². The van der Waals surface area contributed by atoms with Gasteiger partial charge in [-0.2, -0.15) is 4.31 Å². The monoisotopic (exact) mass is 435 g/mol. The Bertz CT molecular complexity index is 1050. The molecule has 2 aromatic carbocycles. The zero-order valence-corrected chi connectivity index (χ0v) is 17.1. The predicted molar refractivity (Wildman–Crippen MR) is 108 cm³/mol. The number of ether oxygens (including phenoxy) is 2. The first-order chi connectivity index (χ1) is 14.3. The molecule has 11 heteroatoms. The number of anilines is 1. The number of rotatable bonds is 7. The molecule has 1 aliphatic heterocycles. The van der Waals surface area contributed by atoms with Crippen LogP contribution in [0.1, 0.15) is 17.3 Å². The van der Waals surface area contributed by atoms with E-state index in [1.54, 1.807) is 13.0 Å². The normalized spacial score (nSPS) is 14.8. The molecule has 0 unspecified atom stereocenters. The van der Waals surface area contributed by atoms with Gasteiger partial charge in [-0.15, -0.1) is 0 Å². The van der Waals surface area contributed by atoms with Crippen LogP contribution < -0.4 is 10.1 Å². The molecule has 1 fully saturated rings. The highest BCUT2D eigenvalue weighted by molar-refractivity contribution is 7.89. The summed E-state index contributed by atoms with van der Waals surface area (Å²) in [5.41, 5.74) is -0.0226. The van der Waals surface area contributed by atoms with Crippen LogP contribution in [-0.2, 0) is 14.8 Å². The molecule has 0 saturated carbocycles. The minimum absolute atomic E-state index is 0.0416. The third kappa shape index (κ3) is 4.75. The predicted octanol–water partition coefficient (Wildman–Crippen LogP) is 2.27. The van der Waals surface area contributed by atoms with E-state index in [1.165, 1.54) is 34.6 Å². The fraction of sp³-hybridized carbons (Fsp3) is 0.316. The molecular formula is C19H21N3O7S. The molecule has 10 nitrogen and oxygen atoms in total. The lowest BCUT2D eigenvalue weighted by atomic mass is 10.1. The molecule has 1 aliphatic rings. The molecule has 1 saturated heterocycles. The Balaban J connectivity index is 1.82. The van der Waals surface area contributed by atoms with E-state index in [9.17, 15) is 23.3 Å². The summed E-state index contributed by atoms with van der Waals surface area (Å²) in [5.74, 6) is -0.542. The quantitative estimate of drug-likeness (QED) is 0.522. The van der Waals surface area contributed by atoms with Crippen molar-refractivity contribution in [3.8, 4) is 5.75 Å². The number of hydrogen-bond acceptors (Lipinski definition) is 7. The minimum atomic E-state index is -3.72. The molecule has 3 rings (SSSR count). The first-order valence-electron chi connectivity index (χ1n) is 9.23. The van der Waals surface area contributed by atoms with Gasteiger partial charge >= 0.3 is 5.69 Å². The van der Waals surface area contributed by atoms with Crippen molar-refractivity contribution >= 4 is 27.3 Å². The van der Waals surface area contributed by atoms with Gasteiger partial charge < -0.3 is 14.8 Å². The van der Waals surface area contributed by atoms with Gasteiger partial charge in [0.15, 0.2) is 5.75 Å². The second kappa shape index (κ2) is 9.20. The molecule has 0 aliphatic carbocycles. The Hall–Kier alpha value is -3.02. The SMILES string of the molecule is CCOc1ccc(C(=O)Nc2cccc(S(=O)(=O)N3CCOCC3)c2)cc1[N+](=O)[O-]. The van der Waals surface area contributed by atoms with E-state index in [4.69, 9.17) is 9.47 Å². The molecule has 1 N–H and O–H groups in total. The maximum atomic E-state index is 12.8. The second-order valence-corrected chi connectivity index (χ2v) is 8.31. The minimum Gasteiger partial charge on any atom is -0.487 e. The molecule has 30 heavy (non-hydrogen) atoms. The van der Waals surface area contributed by atoms with Crippen molar-refractivity contribution in [2.24, 2.45) is 0 Å². The summed E-state index contributed by atoms with van der Waals surface area (Å²) in [5, 5.41) is 13.8. The van der Waals surface area contributed by atoms with E-state index in [1.807, 2.05) is 0 Å². The molecule has 1 heterocycles. The van der Waals surface area contributed by atoms with Crippen molar-refractivity contribution < 1.29 is 27.6 Å². The largest absolute Gasteiger partial charge is 0.487 e. The number of nitrogens with one attached hydrogen (secondary N) is 1. The van der Waals surface area contributed by atoms with Crippen molar-refractivity contribution in [2.45, 2.75) is 11.8 Å². The van der Waals surface area contributed by atoms with Crippen LogP contribution in [0.3, 0.4) is 0 Å². The Morgan fingerprint density at radius 3 is 2.63 bits per heavy atom. The van der Waals surface area contributed by atoms with Gasteiger partial charge in [0.25, 0.3) is 5.91 Å². The standard InChI is InChI=1S/C19H21N3O7S/c1-2-29-18-7-6-14(12-17(18)22(24)25)19(23)20-15-4-3-5-16(13-15)30(26,27)21-8-10-28-11-9-21/h3-7,12-13H,2,8-11H2,1H3,(H,20,23). The number of carbonyl (C=O) groups is 1.